The molecule has 0 spiro atoms. The van der Waals surface area contributed by atoms with Crippen LogP contribution < -0.4 is 0 Å². The van der Waals surface area contributed by atoms with Gasteiger partial charge < -0.3 is 0 Å². The predicted molar refractivity (Wildman–Crippen MR) is 88.9 cm³/mol. The lowest BCUT2D eigenvalue weighted by atomic mass is 10.4. The van der Waals surface area contributed by atoms with Crippen LogP contribution in [0.3, 0.4) is 0 Å². The Morgan fingerprint density at radius 3 is 1.86 bits per heavy atom. The molecule has 0 N–H and O–H groups in total. The van der Waals surface area contributed by atoms with Crippen LogP contribution in [0.5, 0.6) is 0 Å². The molecule has 0 radical (unpaired) electrons. The van der Waals surface area contributed by atoms with Gasteiger partial charge in [0, 0.05) is 9.79 Å². The third-order valence-corrected chi connectivity index (χ3v) is 6.20. The van der Waals surface area contributed by atoms with Gasteiger partial charge in [-0.2, -0.15) is 0 Å². The minimum absolute atomic E-state index is 0.316. The third kappa shape index (κ3) is 3.08. The van der Waals surface area contributed by atoms with E-state index in [9.17, 15) is 8.42 Å². The van der Waals surface area contributed by atoms with Gasteiger partial charge in [0.1, 0.15) is 0 Å². The Bertz CT molecular complexity index is 858. The first-order valence-corrected chi connectivity index (χ1v) is 9.10. The quantitative estimate of drug-likeness (QED) is 0.698. The largest absolute Gasteiger partial charge is 0.218 e. The predicted octanol–water partition coefficient (Wildman–Crippen LogP) is 4.67. The smallest absolute Gasteiger partial charge is 0.207 e. The standard InChI is InChI=1S/C18H14O2S2/c19-22(20,16-11-5-2-6-12-16)18-14-8-7-13-17(18)21-15-9-3-1-4-10-15/h1-14H. The van der Waals surface area contributed by atoms with E-state index >= 15 is 0 Å². The second-order valence-corrected chi connectivity index (χ2v) is 7.71. The van der Waals surface area contributed by atoms with Gasteiger partial charge in [-0.15, -0.1) is 0 Å². The number of hydrogen-bond acceptors (Lipinski definition) is 3. The van der Waals surface area contributed by atoms with E-state index in [4.69, 9.17) is 0 Å². The van der Waals surface area contributed by atoms with Crippen LogP contribution in [-0.4, -0.2) is 8.42 Å². The van der Waals surface area contributed by atoms with Crippen LogP contribution in [-0.2, 0) is 9.84 Å². The van der Waals surface area contributed by atoms with Gasteiger partial charge >= 0.3 is 0 Å². The number of hydrogen-bond donors (Lipinski definition) is 0. The van der Waals surface area contributed by atoms with E-state index in [0.29, 0.717) is 9.79 Å². The van der Waals surface area contributed by atoms with Crippen LogP contribution >= 0.6 is 11.8 Å². The van der Waals surface area contributed by atoms with E-state index < -0.39 is 9.84 Å². The molecule has 3 rings (SSSR count). The van der Waals surface area contributed by atoms with Crippen LogP contribution in [0.4, 0.5) is 0 Å². The Labute approximate surface area is 134 Å². The highest BCUT2D eigenvalue weighted by atomic mass is 32.2. The average Bonchev–Trinajstić information content (AvgIpc) is 2.57. The molecule has 0 bridgehead atoms. The van der Waals surface area contributed by atoms with Gasteiger partial charge in [-0.3, -0.25) is 0 Å². The van der Waals surface area contributed by atoms with E-state index in [-0.39, 0.29) is 0 Å². The summed E-state index contributed by atoms with van der Waals surface area (Å²) < 4.78 is 25.7. The topological polar surface area (TPSA) is 34.1 Å². The van der Waals surface area contributed by atoms with Crippen LogP contribution in [0.15, 0.2) is 105 Å². The first-order chi connectivity index (χ1) is 10.7. The molecule has 0 saturated heterocycles. The zero-order valence-corrected chi connectivity index (χ0v) is 13.3. The summed E-state index contributed by atoms with van der Waals surface area (Å²) in [6, 6.07) is 25.4. The average molecular weight is 326 g/mol. The number of rotatable bonds is 4. The summed E-state index contributed by atoms with van der Waals surface area (Å²) >= 11 is 1.46. The molecule has 3 aromatic carbocycles. The van der Waals surface area contributed by atoms with Crippen molar-refractivity contribution >= 4 is 21.6 Å². The molecule has 0 fully saturated rings. The third-order valence-electron chi connectivity index (χ3n) is 3.16. The lowest BCUT2D eigenvalue weighted by Gasteiger charge is -2.10. The summed E-state index contributed by atoms with van der Waals surface area (Å²) in [6.45, 7) is 0. The maximum absolute atomic E-state index is 12.8. The van der Waals surface area contributed by atoms with E-state index in [2.05, 4.69) is 0 Å². The van der Waals surface area contributed by atoms with Crippen molar-refractivity contribution in [3.8, 4) is 0 Å². The molecule has 0 unspecified atom stereocenters. The molecular formula is C18H14O2S2. The molecule has 4 heteroatoms. The van der Waals surface area contributed by atoms with Gasteiger partial charge in [0.2, 0.25) is 9.84 Å². The molecule has 3 aromatic rings. The van der Waals surface area contributed by atoms with Gasteiger partial charge in [0.05, 0.1) is 9.79 Å². The van der Waals surface area contributed by atoms with E-state index in [1.807, 2.05) is 48.5 Å². The molecule has 0 aliphatic carbocycles. The monoisotopic (exact) mass is 326 g/mol. The van der Waals surface area contributed by atoms with Crippen molar-refractivity contribution in [2.45, 2.75) is 19.6 Å². The summed E-state index contributed by atoms with van der Waals surface area (Å²) in [5, 5.41) is 0. The molecule has 22 heavy (non-hydrogen) atoms. The number of benzene rings is 3. The van der Waals surface area contributed by atoms with E-state index in [1.165, 1.54) is 11.8 Å². The zero-order chi connectivity index (χ0) is 15.4. The summed E-state index contributed by atoms with van der Waals surface area (Å²) in [4.78, 5) is 2.40. The Balaban J connectivity index is 2.05. The Kier molecular flexibility index (Phi) is 4.32. The molecule has 2 nitrogen and oxygen atoms in total. The van der Waals surface area contributed by atoms with Crippen molar-refractivity contribution in [2.24, 2.45) is 0 Å². The van der Waals surface area contributed by atoms with Gasteiger partial charge in [0.15, 0.2) is 0 Å². The summed E-state index contributed by atoms with van der Waals surface area (Å²) in [5.41, 5.74) is 0. The van der Waals surface area contributed by atoms with Crippen molar-refractivity contribution in [2.75, 3.05) is 0 Å². The van der Waals surface area contributed by atoms with Crippen molar-refractivity contribution in [1.29, 1.82) is 0 Å². The molecule has 0 aromatic heterocycles. The highest BCUT2D eigenvalue weighted by Crippen LogP contribution is 2.34. The highest BCUT2D eigenvalue weighted by Gasteiger charge is 2.21. The summed E-state index contributed by atoms with van der Waals surface area (Å²) in [7, 11) is -3.51. The second kappa shape index (κ2) is 6.38. The maximum Gasteiger partial charge on any atom is 0.207 e. The Morgan fingerprint density at radius 1 is 0.636 bits per heavy atom. The number of sulfone groups is 1. The lowest BCUT2D eigenvalue weighted by Crippen LogP contribution is -2.03. The lowest BCUT2D eigenvalue weighted by molar-refractivity contribution is 0.594. The van der Waals surface area contributed by atoms with Crippen molar-refractivity contribution in [3.05, 3.63) is 84.9 Å². The van der Waals surface area contributed by atoms with Crippen molar-refractivity contribution < 1.29 is 8.42 Å². The van der Waals surface area contributed by atoms with Crippen LogP contribution in [0.25, 0.3) is 0 Å². The molecule has 110 valence electrons. The van der Waals surface area contributed by atoms with Gasteiger partial charge in [-0.1, -0.05) is 60.3 Å². The van der Waals surface area contributed by atoms with Gasteiger partial charge in [-0.25, -0.2) is 8.42 Å². The highest BCUT2D eigenvalue weighted by molar-refractivity contribution is 8.00. The maximum atomic E-state index is 12.8. The molecule has 0 saturated carbocycles. The fraction of sp³-hybridized carbons (Fsp3) is 0. The van der Waals surface area contributed by atoms with E-state index in [1.54, 1.807) is 36.4 Å². The van der Waals surface area contributed by atoms with Gasteiger partial charge in [0.25, 0.3) is 0 Å². The fourth-order valence-electron chi connectivity index (χ4n) is 2.10. The minimum atomic E-state index is -3.51. The Hall–Kier alpha value is -2.04. The summed E-state index contributed by atoms with van der Waals surface area (Å²) in [5.74, 6) is 0. The molecule has 0 aliphatic heterocycles. The molecule has 0 amide bonds. The Morgan fingerprint density at radius 2 is 1.18 bits per heavy atom. The zero-order valence-electron chi connectivity index (χ0n) is 11.7. The van der Waals surface area contributed by atoms with Crippen LogP contribution in [0.2, 0.25) is 0 Å². The molecule has 0 aliphatic rings. The van der Waals surface area contributed by atoms with E-state index in [0.717, 1.165) is 9.79 Å². The molecule has 0 atom stereocenters. The first-order valence-electron chi connectivity index (χ1n) is 6.80. The molecular weight excluding hydrogens is 312 g/mol. The normalized spacial score (nSPS) is 11.3. The van der Waals surface area contributed by atoms with Crippen LogP contribution in [0, 0.1) is 0 Å². The molecule has 0 heterocycles. The SMILES string of the molecule is O=S(=O)(c1ccccc1)c1ccccc1Sc1ccccc1. The fourth-order valence-corrected chi connectivity index (χ4v) is 4.78. The first kappa shape index (κ1) is 14.9. The van der Waals surface area contributed by atoms with Crippen molar-refractivity contribution in [1.82, 2.24) is 0 Å². The van der Waals surface area contributed by atoms with Crippen molar-refractivity contribution in [3.63, 3.8) is 0 Å². The van der Waals surface area contributed by atoms with Gasteiger partial charge in [-0.05, 0) is 36.4 Å². The summed E-state index contributed by atoms with van der Waals surface area (Å²) in [6.07, 6.45) is 0. The van der Waals surface area contributed by atoms with Crippen LogP contribution in [0.1, 0.15) is 0 Å². The second-order valence-electron chi connectivity index (χ2n) is 4.68. The minimum Gasteiger partial charge on any atom is -0.218 e.